The number of rotatable bonds is 9. The van der Waals surface area contributed by atoms with Gasteiger partial charge >= 0.3 is 5.97 Å². The molecule has 2 aromatic carbocycles. The summed E-state index contributed by atoms with van der Waals surface area (Å²) in [7, 11) is 0. The molecule has 0 saturated carbocycles. The molecule has 1 N–H and O–H groups in total. The highest BCUT2D eigenvalue weighted by molar-refractivity contribution is 5.83. The van der Waals surface area contributed by atoms with Crippen LogP contribution in [0.1, 0.15) is 24.5 Å². The minimum atomic E-state index is -1.02. The van der Waals surface area contributed by atoms with Crippen molar-refractivity contribution >= 4 is 11.9 Å². The quantitative estimate of drug-likeness (QED) is 0.761. The van der Waals surface area contributed by atoms with E-state index in [0.29, 0.717) is 6.61 Å². The maximum Gasteiger partial charge on any atom is 0.323 e. The highest BCUT2D eigenvalue weighted by atomic mass is 16.5. The van der Waals surface area contributed by atoms with Gasteiger partial charge in [-0.1, -0.05) is 49.4 Å². The second-order valence-electron chi connectivity index (χ2n) is 5.80. The van der Waals surface area contributed by atoms with Crippen molar-refractivity contribution < 1.29 is 19.4 Å². The lowest BCUT2D eigenvalue weighted by Crippen LogP contribution is -2.36. The first kappa shape index (κ1) is 18.5. The summed E-state index contributed by atoms with van der Waals surface area (Å²) in [6.45, 7) is 2.61. The van der Waals surface area contributed by atoms with E-state index in [4.69, 9.17) is 9.84 Å². The highest BCUT2D eigenvalue weighted by Crippen LogP contribution is 2.15. The Balaban J connectivity index is 2.07. The van der Waals surface area contributed by atoms with Crippen LogP contribution in [0.2, 0.25) is 0 Å². The summed E-state index contributed by atoms with van der Waals surface area (Å²) in [5, 5.41) is 9.10. The molecule has 0 radical (unpaired) electrons. The van der Waals surface area contributed by atoms with Gasteiger partial charge in [0.2, 0.25) is 5.91 Å². The lowest BCUT2D eigenvalue weighted by Gasteiger charge is -2.21. The molecule has 2 aromatic rings. The fraction of sp³-hybridized carbons (Fsp3) is 0.300. The molecule has 25 heavy (non-hydrogen) atoms. The summed E-state index contributed by atoms with van der Waals surface area (Å²) >= 11 is 0. The van der Waals surface area contributed by atoms with E-state index in [9.17, 15) is 9.59 Å². The molecule has 0 atom stereocenters. The molecule has 5 nitrogen and oxygen atoms in total. The average molecular weight is 341 g/mol. The Morgan fingerprint density at radius 3 is 2.44 bits per heavy atom. The number of carbonyl (C=O) groups is 2. The standard InChI is InChI=1S/C20H23NO4/c1-2-11-25-18-10-6-9-17(12-18)13-19(22)21(15-20(23)24)14-16-7-4-3-5-8-16/h3-10,12H,2,11,13-15H2,1H3,(H,23,24). The van der Waals surface area contributed by atoms with Crippen LogP contribution < -0.4 is 4.74 Å². The van der Waals surface area contributed by atoms with Crippen molar-refractivity contribution in [3.05, 3.63) is 65.7 Å². The molecule has 0 aliphatic carbocycles. The third-order valence-corrected chi connectivity index (χ3v) is 3.62. The molecular weight excluding hydrogens is 318 g/mol. The van der Waals surface area contributed by atoms with Crippen LogP contribution in [0.4, 0.5) is 0 Å². The highest BCUT2D eigenvalue weighted by Gasteiger charge is 2.17. The number of carbonyl (C=O) groups excluding carboxylic acids is 1. The van der Waals surface area contributed by atoms with Gasteiger partial charge in [0.1, 0.15) is 12.3 Å². The predicted molar refractivity (Wildman–Crippen MR) is 95.4 cm³/mol. The number of amides is 1. The van der Waals surface area contributed by atoms with Crippen LogP contribution in [0.15, 0.2) is 54.6 Å². The van der Waals surface area contributed by atoms with Gasteiger partial charge in [-0.2, -0.15) is 0 Å². The van der Waals surface area contributed by atoms with E-state index in [1.807, 2.05) is 61.5 Å². The number of hydrogen-bond acceptors (Lipinski definition) is 3. The third kappa shape index (κ3) is 6.30. The fourth-order valence-corrected chi connectivity index (χ4v) is 2.45. The Kier molecular flexibility index (Phi) is 7.01. The van der Waals surface area contributed by atoms with Crippen molar-refractivity contribution in [1.29, 1.82) is 0 Å². The monoisotopic (exact) mass is 341 g/mol. The number of carboxylic acid groups (broad SMARTS) is 1. The summed E-state index contributed by atoms with van der Waals surface area (Å²) in [5.74, 6) is -0.525. The van der Waals surface area contributed by atoms with Gasteiger partial charge in [0.25, 0.3) is 0 Å². The van der Waals surface area contributed by atoms with Crippen LogP contribution in [0.5, 0.6) is 5.75 Å². The molecule has 0 aliphatic heterocycles. The van der Waals surface area contributed by atoms with Crippen LogP contribution >= 0.6 is 0 Å². The van der Waals surface area contributed by atoms with Crippen molar-refractivity contribution in [3.63, 3.8) is 0 Å². The zero-order chi connectivity index (χ0) is 18.1. The van der Waals surface area contributed by atoms with Gasteiger partial charge in [-0.3, -0.25) is 9.59 Å². The van der Waals surface area contributed by atoms with E-state index in [1.165, 1.54) is 4.90 Å². The summed E-state index contributed by atoms with van der Waals surface area (Å²) in [6.07, 6.45) is 1.05. The molecule has 0 heterocycles. The molecule has 2 rings (SSSR count). The van der Waals surface area contributed by atoms with Gasteiger partial charge < -0.3 is 14.7 Å². The Bertz CT molecular complexity index is 700. The van der Waals surface area contributed by atoms with Crippen LogP contribution in [0.25, 0.3) is 0 Å². The van der Waals surface area contributed by atoms with Crippen LogP contribution in [0, 0.1) is 0 Å². The molecule has 0 aromatic heterocycles. The van der Waals surface area contributed by atoms with Gasteiger partial charge in [0.15, 0.2) is 0 Å². The number of hydrogen-bond donors (Lipinski definition) is 1. The smallest absolute Gasteiger partial charge is 0.323 e. The Morgan fingerprint density at radius 2 is 1.76 bits per heavy atom. The maximum absolute atomic E-state index is 12.6. The van der Waals surface area contributed by atoms with E-state index in [1.54, 1.807) is 0 Å². The predicted octanol–water partition coefficient (Wildman–Crippen LogP) is 3.13. The first-order valence-corrected chi connectivity index (χ1v) is 8.33. The molecule has 1 amide bonds. The van der Waals surface area contributed by atoms with Gasteiger partial charge in [-0.15, -0.1) is 0 Å². The van der Waals surface area contributed by atoms with E-state index < -0.39 is 5.97 Å². The molecule has 0 aliphatic rings. The van der Waals surface area contributed by atoms with Crippen molar-refractivity contribution in [3.8, 4) is 5.75 Å². The Morgan fingerprint density at radius 1 is 1.04 bits per heavy atom. The first-order chi connectivity index (χ1) is 12.1. The second kappa shape index (κ2) is 9.47. The van der Waals surface area contributed by atoms with Gasteiger partial charge in [-0.25, -0.2) is 0 Å². The third-order valence-electron chi connectivity index (χ3n) is 3.62. The van der Waals surface area contributed by atoms with Crippen LogP contribution in [-0.4, -0.2) is 35.0 Å². The number of nitrogens with zero attached hydrogens (tertiary/aromatic N) is 1. The number of ether oxygens (including phenoxy) is 1. The fourth-order valence-electron chi connectivity index (χ4n) is 2.45. The number of aliphatic carboxylic acids is 1. The lowest BCUT2D eigenvalue weighted by molar-refractivity contribution is -0.144. The van der Waals surface area contributed by atoms with Crippen molar-refractivity contribution in [2.45, 2.75) is 26.3 Å². The molecule has 0 unspecified atom stereocenters. The minimum Gasteiger partial charge on any atom is -0.494 e. The topological polar surface area (TPSA) is 66.8 Å². The van der Waals surface area contributed by atoms with E-state index in [-0.39, 0.29) is 25.4 Å². The summed E-state index contributed by atoms with van der Waals surface area (Å²) in [4.78, 5) is 25.1. The van der Waals surface area contributed by atoms with Crippen LogP contribution in [0.3, 0.4) is 0 Å². The van der Waals surface area contributed by atoms with Gasteiger partial charge in [-0.05, 0) is 29.7 Å². The minimum absolute atomic E-state index is 0.142. The van der Waals surface area contributed by atoms with E-state index in [0.717, 1.165) is 23.3 Å². The van der Waals surface area contributed by atoms with Crippen LogP contribution in [-0.2, 0) is 22.6 Å². The van der Waals surface area contributed by atoms with E-state index in [2.05, 4.69) is 0 Å². The second-order valence-corrected chi connectivity index (χ2v) is 5.80. The number of carboxylic acids is 1. The molecular formula is C20H23NO4. The molecule has 0 fully saturated rings. The lowest BCUT2D eigenvalue weighted by atomic mass is 10.1. The average Bonchev–Trinajstić information content (AvgIpc) is 2.60. The normalized spacial score (nSPS) is 10.3. The van der Waals surface area contributed by atoms with Gasteiger partial charge in [0, 0.05) is 6.54 Å². The molecule has 132 valence electrons. The summed E-state index contributed by atoms with van der Waals surface area (Å²) in [6, 6.07) is 16.7. The molecule has 0 saturated heterocycles. The largest absolute Gasteiger partial charge is 0.494 e. The SMILES string of the molecule is CCCOc1cccc(CC(=O)N(CC(=O)O)Cc2ccccc2)c1. The molecule has 5 heteroatoms. The number of benzene rings is 2. The first-order valence-electron chi connectivity index (χ1n) is 8.33. The maximum atomic E-state index is 12.6. The van der Waals surface area contributed by atoms with E-state index >= 15 is 0 Å². The summed E-state index contributed by atoms with van der Waals surface area (Å²) < 4.78 is 5.58. The van der Waals surface area contributed by atoms with Crippen molar-refractivity contribution in [2.24, 2.45) is 0 Å². The van der Waals surface area contributed by atoms with Crippen molar-refractivity contribution in [1.82, 2.24) is 4.90 Å². The Labute approximate surface area is 147 Å². The van der Waals surface area contributed by atoms with Crippen molar-refractivity contribution in [2.75, 3.05) is 13.2 Å². The molecule has 0 bridgehead atoms. The van der Waals surface area contributed by atoms with Gasteiger partial charge in [0.05, 0.1) is 13.0 Å². The molecule has 0 spiro atoms. The summed E-state index contributed by atoms with van der Waals surface area (Å²) in [5.41, 5.74) is 1.71. The zero-order valence-corrected chi connectivity index (χ0v) is 14.4. The Hall–Kier alpha value is -2.82. The zero-order valence-electron chi connectivity index (χ0n) is 14.4.